The highest BCUT2D eigenvalue weighted by atomic mass is 32.1. The lowest BCUT2D eigenvalue weighted by atomic mass is 10.1. The van der Waals surface area contributed by atoms with Gasteiger partial charge >= 0.3 is 5.97 Å². The number of hydrogen-bond donors (Lipinski definition) is 1. The first-order chi connectivity index (χ1) is 15.5. The van der Waals surface area contributed by atoms with Gasteiger partial charge in [-0.2, -0.15) is 0 Å². The van der Waals surface area contributed by atoms with E-state index in [0.29, 0.717) is 16.3 Å². The normalized spacial score (nSPS) is 10.7. The van der Waals surface area contributed by atoms with Gasteiger partial charge in [0.05, 0.1) is 17.7 Å². The maximum Gasteiger partial charge on any atom is 0.338 e. The third-order valence-electron chi connectivity index (χ3n) is 4.93. The van der Waals surface area contributed by atoms with Crippen molar-refractivity contribution in [2.45, 2.75) is 26.9 Å². The van der Waals surface area contributed by atoms with Crippen LogP contribution in [0.3, 0.4) is 0 Å². The lowest BCUT2D eigenvalue weighted by Crippen LogP contribution is -2.14. The van der Waals surface area contributed by atoms with Gasteiger partial charge in [-0.15, -0.1) is 11.3 Å². The molecule has 0 bridgehead atoms. The van der Waals surface area contributed by atoms with Gasteiger partial charge in [0, 0.05) is 29.1 Å². The molecule has 0 atom stereocenters. The Morgan fingerprint density at radius 3 is 2.56 bits per heavy atom. The van der Waals surface area contributed by atoms with Gasteiger partial charge in [-0.3, -0.25) is 4.79 Å². The quantitative estimate of drug-likeness (QED) is 0.402. The first-order valence-electron chi connectivity index (χ1n) is 10.2. The highest BCUT2D eigenvalue weighted by Crippen LogP contribution is 2.18. The highest BCUT2D eigenvalue weighted by Gasteiger charge is 2.13. The van der Waals surface area contributed by atoms with Gasteiger partial charge in [0.15, 0.2) is 0 Å². The maximum atomic E-state index is 12.5. The molecule has 7 heteroatoms. The summed E-state index contributed by atoms with van der Waals surface area (Å²) in [4.78, 5) is 29.2. The second-order valence-electron chi connectivity index (χ2n) is 7.49. The zero-order valence-corrected chi connectivity index (χ0v) is 18.7. The van der Waals surface area contributed by atoms with E-state index in [2.05, 4.69) is 10.3 Å². The zero-order valence-electron chi connectivity index (χ0n) is 17.9. The summed E-state index contributed by atoms with van der Waals surface area (Å²) in [6.45, 7) is 4.05. The molecule has 1 amide bonds. The average molecular weight is 446 g/mol. The number of amides is 1. The van der Waals surface area contributed by atoms with Crippen LogP contribution in [0.1, 0.15) is 32.2 Å². The number of carbonyl (C=O) groups excluding carboxylic acids is 2. The summed E-state index contributed by atoms with van der Waals surface area (Å²) >= 11 is 1.37. The number of nitrogens with one attached hydrogen (secondary N) is 1. The van der Waals surface area contributed by atoms with Crippen LogP contribution in [0.5, 0.6) is 0 Å². The van der Waals surface area contributed by atoms with Crippen LogP contribution < -0.4 is 5.32 Å². The van der Waals surface area contributed by atoms with Crippen molar-refractivity contribution in [2.24, 2.45) is 0 Å². The molecule has 0 unspecified atom stereocenters. The van der Waals surface area contributed by atoms with Gasteiger partial charge < -0.3 is 14.6 Å². The average Bonchev–Trinajstić information content (AvgIpc) is 3.46. The van der Waals surface area contributed by atoms with Crippen LogP contribution in [0, 0.1) is 13.8 Å². The van der Waals surface area contributed by atoms with E-state index in [9.17, 15) is 9.59 Å². The smallest absolute Gasteiger partial charge is 0.338 e. The van der Waals surface area contributed by atoms with Crippen LogP contribution in [0.25, 0.3) is 5.69 Å². The lowest BCUT2D eigenvalue weighted by Gasteiger charge is -2.10. The van der Waals surface area contributed by atoms with Gasteiger partial charge in [0.25, 0.3) is 0 Å². The van der Waals surface area contributed by atoms with E-state index < -0.39 is 5.97 Å². The van der Waals surface area contributed by atoms with Crippen molar-refractivity contribution in [3.63, 3.8) is 0 Å². The van der Waals surface area contributed by atoms with E-state index >= 15 is 0 Å². The van der Waals surface area contributed by atoms with Gasteiger partial charge in [-0.1, -0.05) is 23.8 Å². The van der Waals surface area contributed by atoms with Crippen LogP contribution in [0.2, 0.25) is 0 Å². The third-order valence-corrected chi connectivity index (χ3v) is 5.82. The highest BCUT2D eigenvalue weighted by molar-refractivity contribution is 7.09. The number of ether oxygens (including phenoxy) is 1. The van der Waals surface area contributed by atoms with Gasteiger partial charge in [-0.25, -0.2) is 9.78 Å². The minimum absolute atomic E-state index is 0.0572. The Kier molecular flexibility index (Phi) is 6.47. The molecule has 2 aromatic heterocycles. The number of carbonyl (C=O) groups is 2. The monoisotopic (exact) mass is 445 g/mol. The van der Waals surface area contributed by atoms with Crippen molar-refractivity contribution in [1.29, 1.82) is 0 Å². The summed E-state index contributed by atoms with van der Waals surface area (Å²) in [6.07, 6.45) is 4.04. The summed E-state index contributed by atoms with van der Waals surface area (Å²) in [5.74, 6) is -0.547. The molecule has 4 aromatic rings. The number of rotatable bonds is 7. The Balaban J connectivity index is 1.33. The summed E-state index contributed by atoms with van der Waals surface area (Å²) in [5, 5.41) is 5.34. The number of benzene rings is 2. The molecular formula is C25H23N3O3S. The molecule has 0 saturated heterocycles. The molecule has 162 valence electrons. The van der Waals surface area contributed by atoms with E-state index in [1.54, 1.807) is 6.07 Å². The summed E-state index contributed by atoms with van der Waals surface area (Å²) in [5.41, 5.74) is 4.98. The van der Waals surface area contributed by atoms with Crippen LogP contribution in [0.4, 0.5) is 5.69 Å². The molecule has 4 rings (SSSR count). The van der Waals surface area contributed by atoms with Gasteiger partial charge in [0.1, 0.15) is 11.6 Å². The molecule has 6 nitrogen and oxygen atoms in total. The fourth-order valence-electron chi connectivity index (χ4n) is 3.21. The van der Waals surface area contributed by atoms with Crippen LogP contribution in [0.15, 0.2) is 72.4 Å². The minimum atomic E-state index is -0.412. The summed E-state index contributed by atoms with van der Waals surface area (Å²) in [7, 11) is 0. The number of nitrogens with zero attached hydrogens (tertiary/aromatic N) is 2. The predicted molar refractivity (Wildman–Crippen MR) is 125 cm³/mol. The molecule has 0 spiro atoms. The predicted octanol–water partition coefficient (Wildman–Crippen LogP) is 5.09. The van der Waals surface area contributed by atoms with Crippen molar-refractivity contribution in [1.82, 2.24) is 9.55 Å². The summed E-state index contributed by atoms with van der Waals surface area (Å²) in [6, 6.07) is 17.0. The minimum Gasteiger partial charge on any atom is -0.456 e. The first-order valence-corrected chi connectivity index (χ1v) is 11.1. The van der Waals surface area contributed by atoms with Crippen molar-refractivity contribution >= 4 is 28.9 Å². The van der Waals surface area contributed by atoms with E-state index in [-0.39, 0.29) is 18.9 Å². The number of esters is 1. The van der Waals surface area contributed by atoms with Gasteiger partial charge in [-0.05, 0) is 55.8 Å². The van der Waals surface area contributed by atoms with Crippen molar-refractivity contribution < 1.29 is 14.3 Å². The second-order valence-corrected chi connectivity index (χ2v) is 8.43. The number of hydrogen-bond acceptors (Lipinski definition) is 5. The Morgan fingerprint density at radius 2 is 1.81 bits per heavy atom. The Bertz CT molecular complexity index is 1230. The molecule has 0 aliphatic carbocycles. The Hall–Kier alpha value is -3.71. The topological polar surface area (TPSA) is 73.2 Å². The number of anilines is 1. The molecule has 0 radical (unpaired) electrons. The third kappa shape index (κ3) is 5.31. The van der Waals surface area contributed by atoms with E-state index in [1.807, 2.05) is 84.7 Å². The lowest BCUT2D eigenvalue weighted by molar-refractivity contribution is -0.115. The van der Waals surface area contributed by atoms with Gasteiger partial charge in [0.2, 0.25) is 5.91 Å². The van der Waals surface area contributed by atoms with E-state index in [1.165, 1.54) is 11.3 Å². The van der Waals surface area contributed by atoms with Crippen LogP contribution >= 0.6 is 11.3 Å². The molecule has 0 fully saturated rings. The summed E-state index contributed by atoms with van der Waals surface area (Å²) < 4.78 is 7.41. The molecule has 2 heterocycles. The van der Waals surface area contributed by atoms with Crippen LogP contribution in [-0.4, -0.2) is 21.4 Å². The standard InChI is InChI=1S/C25H23N3O3S/c1-17-5-9-20(10-6-17)26-23(29)14-24-27-21(16-32-24)15-31-25(30)19-8-7-18(2)22(13-19)28-11-3-4-12-28/h3-13,16H,14-15H2,1-2H3,(H,26,29). The van der Waals surface area contributed by atoms with Crippen molar-refractivity contribution in [3.05, 3.63) is 99.8 Å². The molecule has 1 N–H and O–H groups in total. The van der Waals surface area contributed by atoms with Crippen molar-refractivity contribution in [2.75, 3.05) is 5.32 Å². The molecule has 0 aliphatic heterocycles. The molecule has 32 heavy (non-hydrogen) atoms. The number of aromatic nitrogens is 2. The second kappa shape index (κ2) is 9.62. The molecular weight excluding hydrogens is 422 g/mol. The number of thiazole rings is 1. The Morgan fingerprint density at radius 1 is 1.06 bits per heavy atom. The van der Waals surface area contributed by atoms with E-state index in [0.717, 1.165) is 22.5 Å². The molecule has 0 saturated carbocycles. The maximum absolute atomic E-state index is 12.5. The Labute approximate surface area is 190 Å². The molecule has 2 aromatic carbocycles. The fraction of sp³-hybridized carbons (Fsp3) is 0.160. The largest absolute Gasteiger partial charge is 0.456 e. The molecule has 0 aliphatic rings. The van der Waals surface area contributed by atoms with Crippen LogP contribution in [-0.2, 0) is 22.6 Å². The number of aryl methyl sites for hydroxylation is 2. The van der Waals surface area contributed by atoms with E-state index in [4.69, 9.17) is 4.74 Å². The zero-order chi connectivity index (χ0) is 22.5. The first kappa shape index (κ1) is 21.5. The SMILES string of the molecule is Cc1ccc(NC(=O)Cc2nc(COC(=O)c3ccc(C)c(-n4cccc4)c3)cs2)cc1. The fourth-order valence-corrected chi connectivity index (χ4v) is 3.99. The van der Waals surface area contributed by atoms with Crippen molar-refractivity contribution in [3.8, 4) is 5.69 Å².